The first-order valence-corrected chi connectivity index (χ1v) is 27.6. The lowest BCUT2D eigenvalue weighted by Gasteiger charge is -2.18. The van der Waals surface area contributed by atoms with E-state index in [0.717, 1.165) is 24.2 Å². The van der Waals surface area contributed by atoms with E-state index in [1.807, 2.05) is 17.8 Å². The molecule has 7 N–H and O–H groups in total. The summed E-state index contributed by atoms with van der Waals surface area (Å²) in [5.74, 6) is -0.593. The number of aromatic hydroxyl groups is 1. The summed E-state index contributed by atoms with van der Waals surface area (Å²) in [4.78, 5) is 79.2. The number of azide groups is 1. The normalized spacial score (nSPS) is 15.8. The number of nitrogens with zero attached hydrogens (tertiary/aromatic N) is 8. The number of urea groups is 1. The van der Waals surface area contributed by atoms with Crippen molar-refractivity contribution in [3.63, 3.8) is 0 Å². The summed E-state index contributed by atoms with van der Waals surface area (Å²) in [6.07, 6.45) is 5.12. The number of hydrogen-bond acceptors (Lipinski definition) is 16. The molecule has 80 heavy (non-hydrogen) atoms. The molecule has 4 atom stereocenters. The standard InChI is InChI=1S/C55H66N14O10S/c56-67-60-23-6-22-57-52(73)41-16-18-42(19-17-41)64-66-44-33-37(11-20-47(44)70)21-24-58-54(75)45(61-49(71)10-5-4-9-48-50-46(36-80-48)62-55(76)63-50)34-43-35-69(68-65-43)26-28-78-30-32-79-31-29-77-27-25-59-53(74)40-14-12-39(13-15-40)51(72)38-7-2-1-3-8-38/h1-3,7-8,11-20,33,35,45-46,48,50,70H,4-6,9-10,21-32,34,36H2,(H,57,73)(H,58,75)(H,59,74)(H,61,71)(H2,62,63,76)/b66-64+/t45-,46-,48?,50-/m1/s1. The smallest absolute Gasteiger partial charge is 0.315 e. The van der Waals surface area contributed by atoms with Gasteiger partial charge in [-0.2, -0.15) is 16.9 Å². The second-order valence-electron chi connectivity index (χ2n) is 18.7. The number of ketones is 1. The van der Waals surface area contributed by atoms with Gasteiger partial charge in [0.1, 0.15) is 17.5 Å². The minimum absolute atomic E-state index is 0.0794. The van der Waals surface area contributed by atoms with E-state index in [2.05, 4.69) is 62.5 Å². The van der Waals surface area contributed by atoms with Crippen LogP contribution in [0.3, 0.4) is 0 Å². The van der Waals surface area contributed by atoms with Crippen LogP contribution < -0.4 is 31.9 Å². The third-order valence-electron chi connectivity index (χ3n) is 12.9. The molecule has 5 aromatic rings. The lowest BCUT2D eigenvalue weighted by atomic mass is 10.0. The second kappa shape index (κ2) is 32.0. The van der Waals surface area contributed by atoms with Gasteiger partial charge in [-0.1, -0.05) is 65.3 Å². The van der Waals surface area contributed by atoms with Gasteiger partial charge >= 0.3 is 6.03 Å². The molecule has 0 saturated carbocycles. The van der Waals surface area contributed by atoms with Crippen LogP contribution in [0, 0.1) is 0 Å². The van der Waals surface area contributed by atoms with Crippen LogP contribution in [0.1, 0.15) is 80.0 Å². The van der Waals surface area contributed by atoms with Gasteiger partial charge in [-0.15, -0.1) is 10.2 Å². The zero-order chi connectivity index (χ0) is 56.3. The number of unbranched alkanes of at least 4 members (excludes halogenated alkanes) is 1. The Morgan fingerprint density at radius 2 is 1.46 bits per heavy atom. The summed E-state index contributed by atoms with van der Waals surface area (Å²) in [6.45, 7) is 3.46. The second-order valence-corrected chi connectivity index (χ2v) is 20.0. The molecule has 0 spiro atoms. The molecule has 1 unspecified atom stereocenters. The van der Waals surface area contributed by atoms with Gasteiger partial charge < -0.3 is 51.2 Å². The van der Waals surface area contributed by atoms with Gasteiger partial charge in [0.2, 0.25) is 11.8 Å². The number of phenolic OH excluding ortho intramolecular Hbond substituents is 1. The predicted molar refractivity (Wildman–Crippen MR) is 297 cm³/mol. The van der Waals surface area contributed by atoms with Gasteiger partial charge in [0, 0.05) is 83.4 Å². The number of nitrogens with one attached hydrogen (secondary N) is 6. The van der Waals surface area contributed by atoms with Gasteiger partial charge in [0.15, 0.2) is 5.78 Å². The van der Waals surface area contributed by atoms with Gasteiger partial charge in [-0.3, -0.25) is 24.0 Å². The molecule has 4 aromatic carbocycles. The Morgan fingerprint density at radius 1 is 0.775 bits per heavy atom. The number of hydrogen-bond donors (Lipinski definition) is 7. The van der Waals surface area contributed by atoms with Crippen LogP contribution in [-0.2, 0) is 43.2 Å². The van der Waals surface area contributed by atoms with Crippen molar-refractivity contribution in [3.8, 4) is 5.75 Å². The van der Waals surface area contributed by atoms with E-state index < -0.39 is 11.9 Å². The van der Waals surface area contributed by atoms with E-state index in [-0.39, 0.29) is 84.2 Å². The van der Waals surface area contributed by atoms with E-state index in [1.165, 1.54) is 6.07 Å². The Bertz CT molecular complexity index is 2920. The van der Waals surface area contributed by atoms with Crippen molar-refractivity contribution in [1.82, 2.24) is 46.9 Å². The summed E-state index contributed by atoms with van der Waals surface area (Å²) in [5.41, 5.74) is 12.2. The Hall–Kier alpha value is -8.22. The van der Waals surface area contributed by atoms with Crippen LogP contribution in [0.2, 0.25) is 0 Å². The first-order chi connectivity index (χ1) is 39.0. The van der Waals surface area contributed by atoms with Crippen LogP contribution in [0.15, 0.2) is 119 Å². The molecule has 0 radical (unpaired) electrons. The number of amides is 6. The molecular weight excluding hydrogens is 1050 g/mol. The number of rotatable bonds is 34. The molecule has 2 aliphatic rings. The maximum absolute atomic E-state index is 13.8. The Balaban J connectivity index is 0.805. The highest BCUT2D eigenvalue weighted by atomic mass is 32.2. The first kappa shape index (κ1) is 59.4. The molecule has 0 aliphatic carbocycles. The monoisotopic (exact) mass is 1110 g/mol. The third-order valence-corrected chi connectivity index (χ3v) is 14.4. The average Bonchev–Trinajstić information content (AvgIpc) is 4.23. The van der Waals surface area contributed by atoms with Crippen LogP contribution in [-0.4, -0.2) is 150 Å². The van der Waals surface area contributed by atoms with E-state index >= 15 is 0 Å². The minimum Gasteiger partial charge on any atom is -0.506 e. The van der Waals surface area contributed by atoms with Crippen LogP contribution in [0.4, 0.5) is 16.2 Å². The number of carbonyl (C=O) groups is 6. The molecule has 2 aliphatic heterocycles. The van der Waals surface area contributed by atoms with Crippen molar-refractivity contribution in [2.24, 2.45) is 15.3 Å². The SMILES string of the molecule is [N-]=[N+]=NCCCNC(=O)c1ccc(/N=N/c2cc(CCNC(=O)[C@@H](Cc3cn(CCOCCOCCOCCNC(=O)c4ccc(C(=O)c5ccccc5)cc4)nn3)NC(=O)CCCCC3SC[C@H]4NC(=O)N[C@@H]34)ccc2O)cc1. The summed E-state index contributed by atoms with van der Waals surface area (Å²) in [6, 6.07) is 25.9. The van der Waals surface area contributed by atoms with Crippen molar-refractivity contribution in [3.05, 3.63) is 147 Å². The highest BCUT2D eigenvalue weighted by Gasteiger charge is 2.42. The van der Waals surface area contributed by atoms with Gasteiger partial charge in [0.05, 0.1) is 69.7 Å². The molecule has 7 rings (SSSR count). The number of fused-ring (bicyclic) bond motifs is 1. The number of phenols is 1. The zero-order valence-electron chi connectivity index (χ0n) is 44.2. The Kier molecular flexibility index (Phi) is 23.8. The molecule has 24 nitrogen and oxygen atoms in total. The first-order valence-electron chi connectivity index (χ1n) is 26.5. The molecular formula is C55H66N14O10S. The minimum atomic E-state index is -0.955. The number of benzene rings is 4. The summed E-state index contributed by atoms with van der Waals surface area (Å²) in [5, 5.41) is 48.5. The summed E-state index contributed by atoms with van der Waals surface area (Å²) in [7, 11) is 0. The third kappa shape index (κ3) is 19.3. The maximum Gasteiger partial charge on any atom is 0.315 e. The van der Waals surface area contributed by atoms with Gasteiger partial charge in [-0.05, 0) is 85.3 Å². The Labute approximate surface area is 466 Å². The fourth-order valence-corrected chi connectivity index (χ4v) is 10.2. The highest BCUT2D eigenvalue weighted by molar-refractivity contribution is 8.00. The number of azo groups is 1. The summed E-state index contributed by atoms with van der Waals surface area (Å²) < 4.78 is 18.5. The van der Waals surface area contributed by atoms with E-state index in [9.17, 15) is 33.9 Å². The molecule has 25 heteroatoms. The zero-order valence-corrected chi connectivity index (χ0v) is 45.0. The number of aromatic nitrogens is 3. The molecule has 422 valence electrons. The van der Waals surface area contributed by atoms with Crippen molar-refractivity contribution in [1.29, 1.82) is 0 Å². The molecule has 1 aromatic heterocycles. The Morgan fingerprint density at radius 3 is 2.21 bits per heavy atom. The number of thioether (sulfide) groups is 1. The van der Waals surface area contributed by atoms with Crippen LogP contribution in [0.5, 0.6) is 5.75 Å². The van der Waals surface area contributed by atoms with Crippen molar-refractivity contribution in [2.75, 3.05) is 71.6 Å². The quantitative estimate of drug-likeness (QED) is 0.00655. The molecule has 3 heterocycles. The lowest BCUT2D eigenvalue weighted by Crippen LogP contribution is -2.48. The van der Waals surface area contributed by atoms with Crippen molar-refractivity contribution < 1.29 is 48.1 Å². The molecule has 2 fully saturated rings. The molecule has 0 bridgehead atoms. The topological polar surface area (TPSA) is 327 Å². The van der Waals surface area contributed by atoms with E-state index in [4.69, 9.17) is 19.7 Å². The average molecular weight is 1120 g/mol. The van der Waals surface area contributed by atoms with Gasteiger partial charge in [0.25, 0.3) is 11.8 Å². The van der Waals surface area contributed by atoms with Crippen molar-refractivity contribution >= 4 is 58.6 Å². The summed E-state index contributed by atoms with van der Waals surface area (Å²) >= 11 is 1.82. The largest absolute Gasteiger partial charge is 0.506 e. The van der Waals surface area contributed by atoms with Gasteiger partial charge in [-0.25, -0.2) is 9.48 Å². The lowest BCUT2D eigenvalue weighted by molar-refractivity contribution is -0.129. The van der Waals surface area contributed by atoms with E-state index in [1.54, 1.807) is 95.8 Å². The van der Waals surface area contributed by atoms with Crippen LogP contribution in [0.25, 0.3) is 10.4 Å². The fraction of sp³-hybridized carbons (Fsp3) is 0.418. The number of carbonyl (C=O) groups excluding carboxylic acids is 6. The van der Waals surface area contributed by atoms with E-state index in [0.29, 0.717) is 112 Å². The van der Waals surface area contributed by atoms with Crippen LogP contribution >= 0.6 is 11.8 Å². The highest BCUT2D eigenvalue weighted by Crippen LogP contribution is 2.33. The number of ether oxygens (including phenoxy) is 3. The van der Waals surface area contributed by atoms with Crippen molar-refractivity contribution in [2.45, 2.75) is 74.9 Å². The predicted octanol–water partition coefficient (Wildman–Crippen LogP) is 5.65. The molecule has 6 amide bonds. The fourth-order valence-electron chi connectivity index (χ4n) is 8.62. The maximum atomic E-state index is 13.8. The molecule has 2 saturated heterocycles.